The highest BCUT2D eigenvalue weighted by Crippen LogP contribution is 2.39. The van der Waals surface area contributed by atoms with Crippen LogP contribution >= 0.6 is 24.2 Å². The van der Waals surface area contributed by atoms with Gasteiger partial charge in [0, 0.05) is 54.2 Å². The Morgan fingerprint density at radius 1 is 1.10 bits per heavy atom. The predicted molar refractivity (Wildman–Crippen MR) is 119 cm³/mol. The van der Waals surface area contributed by atoms with Crippen molar-refractivity contribution in [3.63, 3.8) is 0 Å². The third kappa shape index (κ3) is 4.36. The van der Waals surface area contributed by atoms with E-state index in [1.165, 1.54) is 17.8 Å². The lowest BCUT2D eigenvalue weighted by atomic mass is 10.2. The van der Waals surface area contributed by atoms with Crippen molar-refractivity contribution in [1.82, 2.24) is 9.55 Å². The molecule has 0 saturated carbocycles. The second-order valence-electron chi connectivity index (χ2n) is 6.29. The molecule has 8 heteroatoms. The summed E-state index contributed by atoms with van der Waals surface area (Å²) in [6.45, 7) is 0.698. The Labute approximate surface area is 178 Å². The first-order chi connectivity index (χ1) is 13.7. The number of fused-ring (bicyclic) bond motifs is 1. The summed E-state index contributed by atoms with van der Waals surface area (Å²) in [7, 11) is 1.89. The molecule has 0 saturated heterocycles. The number of benzene rings is 2. The van der Waals surface area contributed by atoms with Gasteiger partial charge in [0.2, 0.25) is 0 Å². The SMILES string of the molecule is CNc1ccc2c(Sc3ccccc3[N+](=O)[O-])cn(Cc3ccncc3)c2c1.Cl. The maximum atomic E-state index is 11.4. The zero-order valence-corrected chi connectivity index (χ0v) is 17.2. The van der Waals surface area contributed by atoms with Crippen LogP contribution in [-0.4, -0.2) is 21.5 Å². The number of nitro benzene ring substituents is 1. The molecule has 0 aliphatic rings. The van der Waals surface area contributed by atoms with E-state index in [1.54, 1.807) is 24.5 Å². The number of para-hydroxylation sites is 1. The average Bonchev–Trinajstić information content (AvgIpc) is 3.05. The summed E-state index contributed by atoms with van der Waals surface area (Å²) < 4.78 is 2.17. The standard InChI is InChI=1S/C21H18N4O2S.ClH/c1-22-16-6-7-17-19(12-16)24(13-15-8-10-23-11-9-15)14-21(17)28-20-5-3-2-4-18(20)25(26)27;/h2-12,14,22H,13H2,1H3;1H. The van der Waals surface area contributed by atoms with E-state index in [4.69, 9.17) is 0 Å². The van der Waals surface area contributed by atoms with Crippen LogP contribution in [-0.2, 0) is 6.54 Å². The molecule has 4 aromatic rings. The second kappa shape index (κ2) is 8.98. The van der Waals surface area contributed by atoms with Gasteiger partial charge in [-0.3, -0.25) is 15.1 Å². The number of hydrogen-bond donors (Lipinski definition) is 1. The summed E-state index contributed by atoms with van der Waals surface area (Å²) in [6, 6.07) is 17.0. The van der Waals surface area contributed by atoms with Crippen molar-refractivity contribution in [3.05, 3.63) is 88.9 Å². The van der Waals surface area contributed by atoms with Crippen LogP contribution in [0.5, 0.6) is 0 Å². The minimum absolute atomic E-state index is 0. The Kier molecular flexibility index (Phi) is 6.41. The smallest absolute Gasteiger partial charge is 0.283 e. The van der Waals surface area contributed by atoms with E-state index in [2.05, 4.69) is 33.2 Å². The molecule has 2 aromatic carbocycles. The maximum Gasteiger partial charge on any atom is 0.283 e. The molecule has 0 radical (unpaired) electrons. The molecule has 148 valence electrons. The van der Waals surface area contributed by atoms with Gasteiger partial charge in [0.1, 0.15) is 0 Å². The quantitative estimate of drug-likeness (QED) is 0.320. The zero-order chi connectivity index (χ0) is 19.5. The molecule has 2 aromatic heterocycles. The Morgan fingerprint density at radius 2 is 1.86 bits per heavy atom. The minimum atomic E-state index is -0.336. The number of nitrogens with zero attached hydrogens (tertiary/aromatic N) is 3. The summed E-state index contributed by atoms with van der Waals surface area (Å²) in [5.74, 6) is 0. The molecule has 6 nitrogen and oxygen atoms in total. The number of aromatic nitrogens is 2. The van der Waals surface area contributed by atoms with Crippen molar-refractivity contribution < 1.29 is 4.92 Å². The van der Waals surface area contributed by atoms with Gasteiger partial charge in [-0.05, 0) is 42.0 Å². The molecule has 0 aliphatic heterocycles. The Balaban J connectivity index is 0.00000240. The van der Waals surface area contributed by atoms with Gasteiger partial charge >= 0.3 is 0 Å². The van der Waals surface area contributed by atoms with E-state index in [9.17, 15) is 10.1 Å². The monoisotopic (exact) mass is 426 g/mol. The topological polar surface area (TPSA) is 73.0 Å². The lowest BCUT2D eigenvalue weighted by molar-refractivity contribution is -0.387. The van der Waals surface area contributed by atoms with Crippen LogP contribution in [0.4, 0.5) is 11.4 Å². The minimum Gasteiger partial charge on any atom is -0.388 e. The first-order valence-corrected chi connectivity index (χ1v) is 9.58. The van der Waals surface area contributed by atoms with E-state index in [-0.39, 0.29) is 23.0 Å². The van der Waals surface area contributed by atoms with Gasteiger partial charge in [0.15, 0.2) is 0 Å². The highest BCUT2D eigenvalue weighted by Gasteiger charge is 2.17. The molecule has 0 aliphatic carbocycles. The lowest BCUT2D eigenvalue weighted by Gasteiger charge is -2.06. The van der Waals surface area contributed by atoms with Crippen molar-refractivity contribution in [2.45, 2.75) is 16.3 Å². The van der Waals surface area contributed by atoms with Crippen LogP contribution in [0.25, 0.3) is 10.9 Å². The molecule has 1 N–H and O–H groups in total. The van der Waals surface area contributed by atoms with Crippen LogP contribution < -0.4 is 5.32 Å². The van der Waals surface area contributed by atoms with Gasteiger partial charge < -0.3 is 9.88 Å². The highest BCUT2D eigenvalue weighted by atomic mass is 35.5. The van der Waals surface area contributed by atoms with Gasteiger partial charge in [-0.1, -0.05) is 23.9 Å². The normalized spacial score (nSPS) is 10.5. The number of nitro groups is 1. The molecule has 0 bridgehead atoms. The molecule has 2 heterocycles. The molecule has 0 amide bonds. The van der Waals surface area contributed by atoms with Crippen molar-refractivity contribution in [2.24, 2.45) is 0 Å². The fraction of sp³-hybridized carbons (Fsp3) is 0.0952. The van der Waals surface area contributed by atoms with Crippen LogP contribution in [0.2, 0.25) is 0 Å². The summed E-state index contributed by atoms with van der Waals surface area (Å²) in [5.41, 5.74) is 3.35. The molecule has 4 rings (SSSR count). The maximum absolute atomic E-state index is 11.4. The van der Waals surface area contributed by atoms with Gasteiger partial charge in [-0.15, -0.1) is 12.4 Å². The van der Waals surface area contributed by atoms with E-state index < -0.39 is 0 Å². The molecule has 29 heavy (non-hydrogen) atoms. The van der Waals surface area contributed by atoms with E-state index >= 15 is 0 Å². The first-order valence-electron chi connectivity index (χ1n) is 8.76. The molecule has 0 unspecified atom stereocenters. The van der Waals surface area contributed by atoms with Crippen molar-refractivity contribution in [1.29, 1.82) is 0 Å². The Bertz CT molecular complexity index is 1150. The fourth-order valence-corrected chi connectivity index (χ4v) is 4.22. The number of halogens is 1. The van der Waals surface area contributed by atoms with Crippen LogP contribution in [0, 0.1) is 10.1 Å². The Morgan fingerprint density at radius 3 is 2.59 bits per heavy atom. The molecule has 0 atom stereocenters. The Hall–Kier alpha value is -3.03. The number of pyridine rings is 1. The average molecular weight is 427 g/mol. The van der Waals surface area contributed by atoms with Gasteiger partial charge in [0.25, 0.3) is 5.69 Å². The zero-order valence-electron chi connectivity index (χ0n) is 15.6. The number of hydrogen-bond acceptors (Lipinski definition) is 5. The third-order valence-corrected chi connectivity index (χ3v) is 5.63. The summed E-state index contributed by atoms with van der Waals surface area (Å²) in [5, 5.41) is 15.6. The summed E-state index contributed by atoms with van der Waals surface area (Å²) in [6.07, 6.45) is 5.62. The third-order valence-electron chi connectivity index (χ3n) is 4.52. The van der Waals surface area contributed by atoms with Crippen LogP contribution in [0.15, 0.2) is 83.0 Å². The fourth-order valence-electron chi connectivity index (χ4n) is 3.12. The van der Waals surface area contributed by atoms with E-state index in [0.29, 0.717) is 11.4 Å². The first kappa shape index (κ1) is 20.7. The second-order valence-corrected chi connectivity index (χ2v) is 7.37. The van der Waals surface area contributed by atoms with Crippen LogP contribution in [0.3, 0.4) is 0 Å². The molecule has 0 spiro atoms. The summed E-state index contributed by atoms with van der Waals surface area (Å²) >= 11 is 1.42. The molecular weight excluding hydrogens is 408 g/mol. The largest absolute Gasteiger partial charge is 0.388 e. The van der Waals surface area contributed by atoms with Crippen molar-refractivity contribution in [2.75, 3.05) is 12.4 Å². The van der Waals surface area contributed by atoms with Gasteiger partial charge in [-0.25, -0.2) is 0 Å². The number of nitrogens with one attached hydrogen (secondary N) is 1. The number of anilines is 1. The van der Waals surface area contributed by atoms with Gasteiger partial charge in [0.05, 0.1) is 15.3 Å². The summed E-state index contributed by atoms with van der Waals surface area (Å²) in [4.78, 5) is 16.7. The van der Waals surface area contributed by atoms with Crippen molar-refractivity contribution in [3.8, 4) is 0 Å². The van der Waals surface area contributed by atoms with E-state index in [0.717, 1.165) is 27.0 Å². The predicted octanol–water partition coefficient (Wildman–Crippen LogP) is 5.61. The van der Waals surface area contributed by atoms with Crippen LogP contribution in [0.1, 0.15) is 5.56 Å². The van der Waals surface area contributed by atoms with Crippen molar-refractivity contribution >= 4 is 46.4 Å². The van der Waals surface area contributed by atoms with E-state index in [1.807, 2.05) is 31.3 Å². The molecule has 0 fully saturated rings. The molecular formula is C21H19ClN4O2S. The highest BCUT2D eigenvalue weighted by molar-refractivity contribution is 7.99. The lowest BCUT2D eigenvalue weighted by Crippen LogP contribution is -1.98. The number of rotatable bonds is 6. The van der Waals surface area contributed by atoms with Gasteiger partial charge in [-0.2, -0.15) is 0 Å².